The predicted octanol–water partition coefficient (Wildman–Crippen LogP) is -1.44. The van der Waals surface area contributed by atoms with Gasteiger partial charge in [0.2, 0.25) is 0 Å². The average molecular weight is 251 g/mol. The minimum Gasteiger partial charge on any atom is -1.00 e. The summed E-state index contributed by atoms with van der Waals surface area (Å²) in [6.07, 6.45) is 0. The van der Waals surface area contributed by atoms with Crippen LogP contribution >= 0.6 is 0 Å². The Bertz CT molecular complexity index is 468. The predicted molar refractivity (Wildman–Crippen MR) is 52.6 cm³/mol. The van der Waals surface area contributed by atoms with Crippen molar-refractivity contribution < 1.29 is 21.5 Å². The van der Waals surface area contributed by atoms with E-state index in [9.17, 15) is 0 Å². The van der Waals surface area contributed by atoms with E-state index in [1.807, 2.05) is 0 Å². The lowest BCUT2D eigenvalue weighted by Crippen LogP contribution is -3.00. The fourth-order valence-corrected chi connectivity index (χ4v) is 1.95. The zero-order chi connectivity index (χ0) is 8.67. The van der Waals surface area contributed by atoms with Crippen LogP contribution in [-0.2, 0) is 6.54 Å². The highest BCUT2D eigenvalue weighted by atomic mass is 79.9. The maximum atomic E-state index is 3.36. The second-order valence-corrected chi connectivity index (χ2v) is 3.36. The molecule has 2 heterocycles. The Balaban J connectivity index is 0.000000750. The van der Waals surface area contributed by atoms with Crippen LogP contribution < -0.4 is 26.9 Å². The monoisotopic (exact) mass is 250 g/mol. The Kier molecular flexibility index (Phi) is 2.42. The third kappa shape index (κ3) is 1.28. The van der Waals surface area contributed by atoms with E-state index in [4.69, 9.17) is 0 Å². The van der Waals surface area contributed by atoms with Gasteiger partial charge in [-0.25, -0.2) is 4.57 Å². The van der Waals surface area contributed by atoms with E-state index in [1.165, 1.54) is 16.7 Å². The number of benzene rings is 1. The molecule has 0 fully saturated rings. The summed E-state index contributed by atoms with van der Waals surface area (Å²) in [5, 5.41) is 4.67. The molecular formula is C11H11BrN2. The first kappa shape index (κ1) is 9.46. The molecule has 2 aromatic rings. The largest absolute Gasteiger partial charge is 1.00 e. The molecule has 0 spiro atoms. The number of hydrogen-bond donors (Lipinski definition) is 1. The Labute approximate surface area is 93.3 Å². The molecular weight excluding hydrogens is 240 g/mol. The summed E-state index contributed by atoms with van der Waals surface area (Å²) >= 11 is 0. The SMILES string of the molecule is [Br-].c1ccc2c(c1)ccc1[n+]2CCN1. The van der Waals surface area contributed by atoms with E-state index < -0.39 is 0 Å². The second kappa shape index (κ2) is 3.58. The molecule has 2 nitrogen and oxygen atoms in total. The van der Waals surface area contributed by atoms with E-state index in [-0.39, 0.29) is 17.0 Å². The molecule has 0 radical (unpaired) electrons. The number of fused-ring (bicyclic) bond motifs is 3. The lowest BCUT2D eigenvalue weighted by Gasteiger charge is -1.99. The third-order valence-electron chi connectivity index (χ3n) is 2.58. The molecule has 72 valence electrons. The van der Waals surface area contributed by atoms with Crippen molar-refractivity contribution in [1.29, 1.82) is 0 Å². The lowest BCUT2D eigenvalue weighted by molar-refractivity contribution is -0.644. The van der Waals surface area contributed by atoms with Crippen LogP contribution in [0.25, 0.3) is 10.9 Å². The standard InChI is InChI=1S/C11H10N2.BrH/c1-2-4-10-9(3-1)5-6-11-12-7-8-13(10)11;/h1-6H,7-8H2;1H. The summed E-state index contributed by atoms with van der Waals surface area (Å²) < 4.78 is 2.33. The number of pyridine rings is 1. The first-order valence-corrected chi connectivity index (χ1v) is 4.61. The fourth-order valence-electron chi connectivity index (χ4n) is 1.95. The average Bonchev–Trinajstić information content (AvgIpc) is 2.65. The molecule has 1 N–H and O–H groups in total. The molecule has 0 amide bonds. The molecule has 1 aromatic heterocycles. The van der Waals surface area contributed by atoms with Crippen molar-refractivity contribution in [3.8, 4) is 0 Å². The van der Waals surface area contributed by atoms with Crippen LogP contribution in [0.1, 0.15) is 0 Å². The van der Waals surface area contributed by atoms with Crippen molar-refractivity contribution in [3.05, 3.63) is 36.4 Å². The molecule has 0 unspecified atom stereocenters. The van der Waals surface area contributed by atoms with E-state index in [1.54, 1.807) is 0 Å². The van der Waals surface area contributed by atoms with E-state index in [2.05, 4.69) is 46.3 Å². The molecule has 0 bridgehead atoms. The molecule has 0 saturated carbocycles. The first-order valence-electron chi connectivity index (χ1n) is 4.61. The third-order valence-corrected chi connectivity index (χ3v) is 2.58. The maximum Gasteiger partial charge on any atom is 0.275 e. The highest BCUT2D eigenvalue weighted by Crippen LogP contribution is 2.14. The van der Waals surface area contributed by atoms with Gasteiger partial charge in [0, 0.05) is 11.5 Å². The summed E-state index contributed by atoms with van der Waals surface area (Å²) in [6, 6.07) is 12.8. The smallest absolute Gasteiger partial charge is 0.275 e. The van der Waals surface area contributed by atoms with Crippen LogP contribution in [0.3, 0.4) is 0 Å². The Morgan fingerprint density at radius 2 is 1.93 bits per heavy atom. The number of rotatable bonds is 0. The van der Waals surface area contributed by atoms with Crippen molar-refractivity contribution in [2.75, 3.05) is 11.9 Å². The van der Waals surface area contributed by atoms with Crippen molar-refractivity contribution in [1.82, 2.24) is 0 Å². The molecule has 1 aliphatic heterocycles. The second-order valence-electron chi connectivity index (χ2n) is 3.36. The Hall–Kier alpha value is -1.09. The van der Waals surface area contributed by atoms with Gasteiger partial charge in [-0.1, -0.05) is 18.2 Å². The van der Waals surface area contributed by atoms with Gasteiger partial charge in [0.15, 0.2) is 0 Å². The molecule has 0 atom stereocenters. The molecule has 1 aromatic carbocycles. The first-order chi connectivity index (χ1) is 6.45. The Morgan fingerprint density at radius 1 is 1.07 bits per heavy atom. The number of nitrogens with zero attached hydrogens (tertiary/aromatic N) is 1. The van der Waals surface area contributed by atoms with Crippen LogP contribution in [0.15, 0.2) is 36.4 Å². The summed E-state index contributed by atoms with van der Waals surface area (Å²) in [5.74, 6) is 1.23. The molecule has 14 heavy (non-hydrogen) atoms. The van der Waals surface area contributed by atoms with Gasteiger partial charge >= 0.3 is 0 Å². The van der Waals surface area contributed by atoms with Gasteiger partial charge in [-0.15, -0.1) is 0 Å². The quantitative estimate of drug-likeness (QED) is 0.567. The molecule has 3 rings (SSSR count). The summed E-state index contributed by atoms with van der Waals surface area (Å²) in [4.78, 5) is 0. The van der Waals surface area contributed by atoms with Gasteiger partial charge in [-0.05, 0) is 12.1 Å². The van der Waals surface area contributed by atoms with Gasteiger partial charge in [0.05, 0.1) is 0 Å². The molecule has 0 aliphatic carbocycles. The number of anilines is 1. The van der Waals surface area contributed by atoms with Crippen LogP contribution in [0.2, 0.25) is 0 Å². The minimum absolute atomic E-state index is 0. The topological polar surface area (TPSA) is 15.9 Å². The van der Waals surface area contributed by atoms with Gasteiger partial charge in [-0.2, -0.15) is 0 Å². The zero-order valence-electron chi connectivity index (χ0n) is 7.70. The number of aromatic nitrogens is 1. The van der Waals surface area contributed by atoms with E-state index in [0.29, 0.717) is 0 Å². The van der Waals surface area contributed by atoms with E-state index >= 15 is 0 Å². The lowest BCUT2D eigenvalue weighted by atomic mass is 10.2. The van der Waals surface area contributed by atoms with Crippen LogP contribution in [0, 0.1) is 0 Å². The van der Waals surface area contributed by atoms with E-state index in [0.717, 1.165) is 13.1 Å². The normalized spacial score (nSPS) is 13.1. The summed E-state index contributed by atoms with van der Waals surface area (Å²) in [6.45, 7) is 2.13. The number of nitrogens with one attached hydrogen (secondary N) is 1. The van der Waals surface area contributed by atoms with Crippen molar-refractivity contribution in [2.24, 2.45) is 0 Å². The molecule has 0 saturated heterocycles. The zero-order valence-corrected chi connectivity index (χ0v) is 9.29. The van der Waals surface area contributed by atoms with Crippen LogP contribution in [0.4, 0.5) is 5.82 Å². The van der Waals surface area contributed by atoms with Gasteiger partial charge < -0.3 is 17.0 Å². The van der Waals surface area contributed by atoms with Crippen LogP contribution in [-0.4, -0.2) is 6.54 Å². The highest BCUT2D eigenvalue weighted by Gasteiger charge is 2.18. The number of halogens is 1. The summed E-state index contributed by atoms with van der Waals surface area (Å²) in [5.41, 5.74) is 1.32. The van der Waals surface area contributed by atoms with Gasteiger partial charge in [0.1, 0.15) is 18.6 Å². The maximum absolute atomic E-state index is 3.36. The van der Waals surface area contributed by atoms with Crippen molar-refractivity contribution in [3.63, 3.8) is 0 Å². The van der Waals surface area contributed by atoms with Gasteiger partial charge in [-0.3, -0.25) is 5.32 Å². The minimum atomic E-state index is 0. The Morgan fingerprint density at radius 3 is 2.86 bits per heavy atom. The number of hydrogen-bond acceptors (Lipinski definition) is 1. The fraction of sp³-hybridized carbons (Fsp3) is 0.182. The summed E-state index contributed by atoms with van der Waals surface area (Å²) in [7, 11) is 0. The highest BCUT2D eigenvalue weighted by molar-refractivity contribution is 5.76. The van der Waals surface area contributed by atoms with Gasteiger partial charge in [0.25, 0.3) is 5.82 Å². The molecule has 3 heteroatoms. The van der Waals surface area contributed by atoms with Crippen molar-refractivity contribution >= 4 is 16.7 Å². The molecule has 1 aliphatic rings. The van der Waals surface area contributed by atoms with Crippen molar-refractivity contribution in [2.45, 2.75) is 6.54 Å². The number of para-hydroxylation sites is 1. The van der Waals surface area contributed by atoms with Crippen LogP contribution in [0.5, 0.6) is 0 Å².